The van der Waals surface area contributed by atoms with Gasteiger partial charge in [-0.25, -0.2) is 14.8 Å². The smallest absolute Gasteiger partial charge is 0.341 e. The molecule has 0 bridgehead atoms. The Morgan fingerprint density at radius 3 is 2.50 bits per heavy atom. The number of imide groups is 1. The Kier molecular flexibility index (Phi) is 6.32. The molecular weight excluding hydrogens is 500 g/mol. The molecule has 3 heterocycles. The van der Waals surface area contributed by atoms with Crippen LogP contribution >= 0.6 is 11.3 Å². The van der Waals surface area contributed by atoms with Crippen LogP contribution in [0.25, 0.3) is 0 Å². The topological polar surface area (TPSA) is 76.2 Å². The number of ether oxygens (including phenoxy) is 1. The van der Waals surface area contributed by atoms with Crippen LogP contribution in [0.4, 0.5) is 10.7 Å². The predicted octanol–water partition coefficient (Wildman–Crippen LogP) is 5.47. The molecule has 0 spiro atoms. The lowest BCUT2D eigenvalue weighted by Crippen LogP contribution is -2.38. The van der Waals surface area contributed by atoms with Gasteiger partial charge in [0.2, 0.25) is 5.91 Å². The maximum atomic E-state index is 14.2. The van der Waals surface area contributed by atoms with E-state index in [0.717, 1.165) is 58.5 Å². The van der Waals surface area contributed by atoms with Crippen LogP contribution in [0.5, 0.6) is 0 Å². The molecule has 6 rings (SSSR count). The summed E-state index contributed by atoms with van der Waals surface area (Å²) in [5.74, 6) is -2.00. The van der Waals surface area contributed by atoms with E-state index < -0.39 is 29.9 Å². The van der Waals surface area contributed by atoms with E-state index in [1.54, 1.807) is 12.0 Å². The summed E-state index contributed by atoms with van der Waals surface area (Å²) in [6.07, 6.45) is 2.58. The van der Waals surface area contributed by atoms with Gasteiger partial charge in [-0.2, -0.15) is 0 Å². The Hall–Kier alpha value is -3.49. The second kappa shape index (κ2) is 9.67. The molecule has 196 valence electrons. The summed E-state index contributed by atoms with van der Waals surface area (Å²) in [5.41, 5.74) is 5.09. The fourth-order valence-corrected chi connectivity index (χ4v) is 7.25. The van der Waals surface area contributed by atoms with Crippen LogP contribution in [0.2, 0.25) is 0 Å². The number of esters is 1. The number of carbonyl (C=O) groups excluding carboxylic acids is 3. The van der Waals surface area contributed by atoms with Crippen molar-refractivity contribution in [3.63, 3.8) is 0 Å². The highest BCUT2D eigenvalue weighted by Crippen LogP contribution is 2.50. The highest BCUT2D eigenvalue weighted by molar-refractivity contribution is 7.17. The SMILES string of the molecule is CCOC(=O)c1c(N2C(=O)[C@H]3[C@H](ON(c4ccccc4C)[C@H]3c3ccc(C)cc3)C2=O)sc2c1CCCC2. The van der Waals surface area contributed by atoms with Crippen LogP contribution in [0.15, 0.2) is 48.5 Å². The van der Waals surface area contributed by atoms with Gasteiger partial charge in [0.15, 0.2) is 6.10 Å². The fraction of sp³-hybridized carbons (Fsp3) is 0.367. The van der Waals surface area contributed by atoms with Gasteiger partial charge in [0, 0.05) is 4.88 Å². The molecule has 0 radical (unpaired) electrons. The lowest BCUT2D eigenvalue weighted by molar-refractivity contribution is -0.126. The number of anilines is 2. The van der Waals surface area contributed by atoms with Crippen molar-refractivity contribution in [3.05, 3.63) is 81.2 Å². The van der Waals surface area contributed by atoms with Crippen LogP contribution in [0.3, 0.4) is 0 Å². The molecule has 3 atom stereocenters. The number of amides is 2. The molecule has 1 aliphatic carbocycles. The number of thiophene rings is 1. The Bertz CT molecular complexity index is 1430. The number of hydrogen-bond donors (Lipinski definition) is 0. The summed E-state index contributed by atoms with van der Waals surface area (Å²) in [6.45, 7) is 5.97. The number of rotatable bonds is 5. The molecular formula is C30H30N2O5S. The Morgan fingerprint density at radius 1 is 1.03 bits per heavy atom. The first-order valence-electron chi connectivity index (χ1n) is 13.2. The van der Waals surface area contributed by atoms with E-state index in [1.807, 2.05) is 62.4 Å². The average molecular weight is 531 g/mol. The molecule has 2 amide bonds. The van der Waals surface area contributed by atoms with E-state index in [4.69, 9.17) is 9.57 Å². The monoisotopic (exact) mass is 530 g/mol. The van der Waals surface area contributed by atoms with Crippen molar-refractivity contribution in [1.29, 1.82) is 0 Å². The number of benzene rings is 2. The molecule has 3 aromatic rings. The number of hydroxylamine groups is 1. The number of carbonyl (C=O) groups is 3. The lowest BCUT2D eigenvalue weighted by atomic mass is 9.90. The molecule has 7 nitrogen and oxygen atoms in total. The summed E-state index contributed by atoms with van der Waals surface area (Å²) in [4.78, 5) is 49.9. The molecule has 38 heavy (non-hydrogen) atoms. The fourth-order valence-electron chi connectivity index (χ4n) is 5.86. The van der Waals surface area contributed by atoms with E-state index in [9.17, 15) is 14.4 Å². The predicted molar refractivity (Wildman–Crippen MR) is 145 cm³/mol. The highest BCUT2D eigenvalue weighted by atomic mass is 32.1. The van der Waals surface area contributed by atoms with Crippen molar-refractivity contribution >= 4 is 39.8 Å². The van der Waals surface area contributed by atoms with E-state index >= 15 is 0 Å². The zero-order chi connectivity index (χ0) is 26.6. The van der Waals surface area contributed by atoms with Crippen LogP contribution in [0, 0.1) is 19.8 Å². The first-order chi connectivity index (χ1) is 18.4. The summed E-state index contributed by atoms with van der Waals surface area (Å²) in [7, 11) is 0. The molecule has 8 heteroatoms. The van der Waals surface area contributed by atoms with E-state index in [2.05, 4.69) is 0 Å². The molecule has 1 aromatic heterocycles. The highest BCUT2D eigenvalue weighted by Gasteiger charge is 2.61. The molecule has 2 fully saturated rings. The molecule has 2 aliphatic heterocycles. The van der Waals surface area contributed by atoms with E-state index in [1.165, 1.54) is 16.2 Å². The summed E-state index contributed by atoms with van der Waals surface area (Å²) >= 11 is 1.37. The largest absolute Gasteiger partial charge is 0.462 e. The maximum absolute atomic E-state index is 14.2. The zero-order valence-electron chi connectivity index (χ0n) is 21.7. The van der Waals surface area contributed by atoms with Gasteiger partial charge in [-0.15, -0.1) is 11.3 Å². The lowest BCUT2D eigenvalue weighted by Gasteiger charge is -2.29. The van der Waals surface area contributed by atoms with Gasteiger partial charge >= 0.3 is 5.97 Å². The number of fused-ring (bicyclic) bond motifs is 2. The standard InChI is InChI=1S/C30H30N2O5S/c1-4-36-30(35)23-20-10-6-8-12-22(20)38-29(23)31-27(33)24-25(19-15-13-17(2)14-16-19)32(37-26(24)28(31)34)21-11-7-5-9-18(21)3/h5,7,9,11,13-16,24-26H,4,6,8,10,12H2,1-3H3/t24-,25+,26+/m1/s1. The third kappa shape index (κ3) is 3.85. The summed E-state index contributed by atoms with van der Waals surface area (Å²) < 4.78 is 5.39. The number of para-hydroxylation sites is 1. The molecule has 2 saturated heterocycles. The van der Waals surface area contributed by atoms with Gasteiger partial charge in [-0.3, -0.25) is 14.4 Å². The third-order valence-electron chi connectivity index (χ3n) is 7.72. The van der Waals surface area contributed by atoms with Gasteiger partial charge in [0.25, 0.3) is 5.91 Å². The third-order valence-corrected chi connectivity index (χ3v) is 9.00. The van der Waals surface area contributed by atoms with Gasteiger partial charge in [-0.05, 0) is 69.2 Å². The van der Waals surface area contributed by atoms with Gasteiger partial charge in [0.05, 0.1) is 23.9 Å². The Labute approximate surface area is 225 Å². The van der Waals surface area contributed by atoms with Crippen molar-refractivity contribution in [3.8, 4) is 0 Å². The second-order valence-electron chi connectivity index (χ2n) is 10.1. The first kappa shape index (κ1) is 24.8. The number of hydrogen-bond acceptors (Lipinski definition) is 7. The summed E-state index contributed by atoms with van der Waals surface area (Å²) in [5, 5.41) is 2.11. The van der Waals surface area contributed by atoms with Gasteiger partial charge < -0.3 is 4.74 Å². The van der Waals surface area contributed by atoms with Crippen LogP contribution in [-0.2, 0) is 32.0 Å². The number of nitrogens with zero attached hydrogens (tertiary/aromatic N) is 2. The van der Waals surface area contributed by atoms with Crippen molar-refractivity contribution in [2.45, 2.75) is 58.6 Å². The van der Waals surface area contributed by atoms with Crippen molar-refractivity contribution in [1.82, 2.24) is 0 Å². The Morgan fingerprint density at radius 2 is 1.76 bits per heavy atom. The minimum absolute atomic E-state index is 0.222. The zero-order valence-corrected chi connectivity index (χ0v) is 22.5. The molecule has 0 saturated carbocycles. The van der Waals surface area contributed by atoms with E-state index in [0.29, 0.717) is 10.6 Å². The molecule has 0 unspecified atom stereocenters. The first-order valence-corrected chi connectivity index (χ1v) is 14.0. The molecule has 0 N–H and O–H groups in total. The normalized spacial score (nSPS) is 22.6. The van der Waals surface area contributed by atoms with Gasteiger partial charge in [-0.1, -0.05) is 48.0 Å². The minimum atomic E-state index is -0.984. The number of aryl methyl sites for hydroxylation is 3. The van der Waals surface area contributed by atoms with Crippen LogP contribution in [-0.4, -0.2) is 30.5 Å². The van der Waals surface area contributed by atoms with Crippen molar-refractivity contribution in [2.24, 2.45) is 5.92 Å². The van der Waals surface area contributed by atoms with Gasteiger partial charge in [0.1, 0.15) is 10.9 Å². The minimum Gasteiger partial charge on any atom is -0.462 e. The molecule has 2 aromatic carbocycles. The van der Waals surface area contributed by atoms with Crippen molar-refractivity contribution in [2.75, 3.05) is 16.6 Å². The second-order valence-corrected chi connectivity index (χ2v) is 11.2. The van der Waals surface area contributed by atoms with Crippen LogP contribution in [0.1, 0.15) is 63.3 Å². The Balaban J connectivity index is 1.45. The average Bonchev–Trinajstić information content (AvgIpc) is 3.55. The maximum Gasteiger partial charge on any atom is 0.341 e. The van der Waals surface area contributed by atoms with Crippen molar-refractivity contribution < 1.29 is 24.0 Å². The van der Waals surface area contributed by atoms with E-state index in [-0.39, 0.29) is 12.5 Å². The quantitative estimate of drug-likeness (QED) is 0.322. The van der Waals surface area contributed by atoms with Crippen LogP contribution < -0.4 is 9.96 Å². The molecule has 3 aliphatic rings. The summed E-state index contributed by atoms with van der Waals surface area (Å²) in [6, 6.07) is 15.3.